The van der Waals surface area contributed by atoms with Gasteiger partial charge in [0.2, 0.25) is 5.91 Å². The summed E-state index contributed by atoms with van der Waals surface area (Å²) in [4.78, 5) is 27.1. The minimum atomic E-state index is -0.214. The summed E-state index contributed by atoms with van der Waals surface area (Å²) >= 11 is 0. The van der Waals surface area contributed by atoms with Gasteiger partial charge in [-0.15, -0.1) is 0 Å². The minimum Gasteiger partial charge on any atom is -0.497 e. The maximum Gasteiger partial charge on any atom is 0.253 e. The zero-order chi connectivity index (χ0) is 23.8. The summed E-state index contributed by atoms with van der Waals surface area (Å²) in [6.45, 7) is 0.975. The van der Waals surface area contributed by atoms with Gasteiger partial charge in [-0.3, -0.25) is 9.59 Å². The van der Waals surface area contributed by atoms with Crippen LogP contribution in [-0.2, 0) is 4.79 Å². The second-order valence-electron chi connectivity index (χ2n) is 7.48. The predicted molar refractivity (Wildman–Crippen MR) is 123 cm³/mol. The van der Waals surface area contributed by atoms with Crippen molar-refractivity contribution >= 4 is 18.0 Å². The fourth-order valence-electron chi connectivity index (χ4n) is 3.68. The second-order valence-corrected chi connectivity index (χ2v) is 7.48. The summed E-state index contributed by atoms with van der Waals surface area (Å²) < 4.78 is 21.0. The Hall–Kier alpha value is -3.75. The fourth-order valence-corrected chi connectivity index (χ4v) is 3.68. The van der Waals surface area contributed by atoms with Gasteiger partial charge in [0, 0.05) is 36.2 Å². The van der Waals surface area contributed by atoms with E-state index in [1.54, 1.807) is 62.6 Å². The zero-order valence-corrected chi connectivity index (χ0v) is 19.3. The number of rotatable bonds is 8. The van der Waals surface area contributed by atoms with Crippen molar-refractivity contribution in [1.82, 2.24) is 10.3 Å². The number of hydrazone groups is 1. The molecule has 0 saturated carbocycles. The Labute approximate surface area is 193 Å². The lowest BCUT2D eigenvalue weighted by atomic mass is 9.95. The Balaban J connectivity index is 1.54. The van der Waals surface area contributed by atoms with E-state index < -0.39 is 0 Å². The first kappa shape index (κ1) is 23.9. The molecule has 9 nitrogen and oxygen atoms in total. The van der Waals surface area contributed by atoms with Crippen LogP contribution in [0, 0.1) is 5.92 Å². The quantitative estimate of drug-likeness (QED) is 0.486. The van der Waals surface area contributed by atoms with Crippen molar-refractivity contribution in [3.05, 3.63) is 47.5 Å². The SMILES string of the molecule is COc1ccc(/C=N\NC(=O)C2CCN(C(=O)c3ccc(OC)c(OC)c3)CC2)c(OC)c1. The van der Waals surface area contributed by atoms with Gasteiger partial charge >= 0.3 is 0 Å². The van der Waals surface area contributed by atoms with Gasteiger partial charge in [-0.2, -0.15) is 5.10 Å². The fraction of sp³-hybridized carbons (Fsp3) is 0.375. The molecule has 3 rings (SSSR count). The molecular weight excluding hydrogens is 426 g/mol. The van der Waals surface area contributed by atoms with Gasteiger partial charge in [0.15, 0.2) is 11.5 Å². The van der Waals surface area contributed by atoms with Crippen LogP contribution in [0.5, 0.6) is 23.0 Å². The van der Waals surface area contributed by atoms with Crippen molar-refractivity contribution in [2.75, 3.05) is 41.5 Å². The highest BCUT2D eigenvalue weighted by Crippen LogP contribution is 2.29. The van der Waals surface area contributed by atoms with Crippen LogP contribution in [0.1, 0.15) is 28.8 Å². The van der Waals surface area contributed by atoms with Gasteiger partial charge in [0.05, 0.1) is 34.7 Å². The van der Waals surface area contributed by atoms with Crippen LogP contribution in [0.15, 0.2) is 41.5 Å². The number of piperidine rings is 1. The number of hydrogen-bond acceptors (Lipinski definition) is 7. The van der Waals surface area contributed by atoms with Gasteiger partial charge in [-0.05, 0) is 43.2 Å². The molecule has 0 aliphatic carbocycles. The van der Waals surface area contributed by atoms with Gasteiger partial charge in [0.25, 0.3) is 5.91 Å². The molecule has 0 bridgehead atoms. The number of hydrogen-bond donors (Lipinski definition) is 1. The van der Waals surface area contributed by atoms with E-state index in [9.17, 15) is 9.59 Å². The average Bonchev–Trinajstić information content (AvgIpc) is 2.87. The van der Waals surface area contributed by atoms with E-state index in [-0.39, 0.29) is 17.7 Å². The zero-order valence-electron chi connectivity index (χ0n) is 19.3. The third-order valence-electron chi connectivity index (χ3n) is 5.60. The van der Waals surface area contributed by atoms with Crippen LogP contribution in [0.4, 0.5) is 0 Å². The number of nitrogens with zero attached hydrogens (tertiary/aromatic N) is 2. The van der Waals surface area contributed by atoms with E-state index in [0.29, 0.717) is 60.1 Å². The molecule has 0 aromatic heterocycles. The first-order valence-electron chi connectivity index (χ1n) is 10.6. The highest BCUT2D eigenvalue weighted by atomic mass is 16.5. The van der Waals surface area contributed by atoms with Crippen molar-refractivity contribution in [3.63, 3.8) is 0 Å². The summed E-state index contributed by atoms with van der Waals surface area (Å²) in [5.41, 5.74) is 3.83. The molecule has 1 saturated heterocycles. The monoisotopic (exact) mass is 455 g/mol. The number of ether oxygens (including phenoxy) is 4. The van der Waals surface area contributed by atoms with E-state index in [1.807, 2.05) is 0 Å². The topological polar surface area (TPSA) is 98.7 Å². The highest BCUT2D eigenvalue weighted by Gasteiger charge is 2.28. The highest BCUT2D eigenvalue weighted by molar-refractivity contribution is 5.95. The molecule has 0 spiro atoms. The lowest BCUT2D eigenvalue weighted by molar-refractivity contribution is -0.126. The van der Waals surface area contributed by atoms with Crippen LogP contribution >= 0.6 is 0 Å². The predicted octanol–water partition coefficient (Wildman–Crippen LogP) is 2.72. The molecule has 2 amide bonds. The molecule has 33 heavy (non-hydrogen) atoms. The molecule has 1 fully saturated rings. The average molecular weight is 456 g/mol. The van der Waals surface area contributed by atoms with Gasteiger partial charge in [0.1, 0.15) is 11.5 Å². The van der Waals surface area contributed by atoms with Gasteiger partial charge < -0.3 is 23.8 Å². The molecule has 1 aliphatic rings. The normalized spacial score (nSPS) is 14.1. The van der Waals surface area contributed by atoms with Crippen molar-refractivity contribution < 1.29 is 28.5 Å². The third kappa shape index (κ3) is 5.74. The van der Waals surface area contributed by atoms with Crippen LogP contribution in [0.2, 0.25) is 0 Å². The third-order valence-corrected chi connectivity index (χ3v) is 5.60. The molecule has 9 heteroatoms. The lowest BCUT2D eigenvalue weighted by Gasteiger charge is -2.31. The Morgan fingerprint density at radius 3 is 2.24 bits per heavy atom. The smallest absolute Gasteiger partial charge is 0.253 e. The number of nitrogens with one attached hydrogen (secondary N) is 1. The first-order valence-corrected chi connectivity index (χ1v) is 10.6. The van der Waals surface area contributed by atoms with Crippen molar-refractivity contribution in [3.8, 4) is 23.0 Å². The van der Waals surface area contributed by atoms with Crippen LogP contribution in [-0.4, -0.2) is 64.5 Å². The molecule has 1 heterocycles. The summed E-state index contributed by atoms with van der Waals surface area (Å²) in [6.07, 6.45) is 2.66. The Morgan fingerprint density at radius 2 is 1.61 bits per heavy atom. The number of carbonyl (C=O) groups excluding carboxylic acids is 2. The largest absolute Gasteiger partial charge is 0.497 e. The van der Waals surface area contributed by atoms with Gasteiger partial charge in [-0.25, -0.2) is 5.43 Å². The standard InChI is InChI=1S/C24H29N3O6/c1-30-19-7-5-18(21(14-19)32-3)15-25-26-23(28)16-9-11-27(12-10-16)24(29)17-6-8-20(31-2)22(13-17)33-4/h5-8,13-16H,9-12H2,1-4H3,(H,26,28)/b25-15-. The lowest BCUT2D eigenvalue weighted by Crippen LogP contribution is -2.42. The van der Waals surface area contributed by atoms with Gasteiger partial charge in [-0.1, -0.05) is 0 Å². The molecule has 0 unspecified atom stereocenters. The molecule has 0 atom stereocenters. The maximum atomic E-state index is 12.9. The van der Waals surface area contributed by atoms with Crippen LogP contribution in [0.25, 0.3) is 0 Å². The number of methoxy groups -OCH3 is 4. The van der Waals surface area contributed by atoms with E-state index in [2.05, 4.69) is 10.5 Å². The molecule has 176 valence electrons. The summed E-state index contributed by atoms with van der Waals surface area (Å²) in [7, 11) is 6.22. The molecular formula is C24H29N3O6. The van der Waals surface area contributed by atoms with E-state index in [0.717, 1.165) is 0 Å². The molecule has 1 aliphatic heterocycles. The molecule has 2 aromatic rings. The van der Waals surface area contributed by atoms with E-state index in [1.165, 1.54) is 13.3 Å². The molecule has 1 N–H and O–H groups in total. The molecule has 2 aromatic carbocycles. The Kier molecular flexibility index (Phi) is 8.12. The van der Waals surface area contributed by atoms with E-state index >= 15 is 0 Å². The first-order chi connectivity index (χ1) is 16.0. The summed E-state index contributed by atoms with van der Waals surface area (Å²) in [5, 5.41) is 4.07. The Morgan fingerprint density at radius 1 is 0.909 bits per heavy atom. The number of benzene rings is 2. The minimum absolute atomic E-state index is 0.0977. The maximum absolute atomic E-state index is 12.9. The summed E-state index contributed by atoms with van der Waals surface area (Å²) in [6, 6.07) is 10.4. The van der Waals surface area contributed by atoms with Crippen LogP contribution in [0.3, 0.4) is 0 Å². The Bertz CT molecular complexity index is 1020. The number of likely N-dealkylation sites (tertiary alicyclic amines) is 1. The van der Waals surface area contributed by atoms with Crippen molar-refractivity contribution in [2.45, 2.75) is 12.8 Å². The second kappa shape index (κ2) is 11.2. The van der Waals surface area contributed by atoms with E-state index in [4.69, 9.17) is 18.9 Å². The number of carbonyl (C=O) groups is 2. The summed E-state index contributed by atoms with van der Waals surface area (Å²) in [5.74, 6) is 1.85. The van der Waals surface area contributed by atoms with Crippen molar-refractivity contribution in [1.29, 1.82) is 0 Å². The van der Waals surface area contributed by atoms with Crippen molar-refractivity contribution in [2.24, 2.45) is 11.0 Å². The molecule has 0 radical (unpaired) electrons. The number of amides is 2. The van der Waals surface area contributed by atoms with Crippen LogP contribution < -0.4 is 24.4 Å².